The summed E-state index contributed by atoms with van der Waals surface area (Å²) in [5, 5.41) is 4.02. The zero-order valence-electron chi connectivity index (χ0n) is 6.05. The van der Waals surface area contributed by atoms with Crippen LogP contribution < -0.4 is 5.32 Å². The summed E-state index contributed by atoms with van der Waals surface area (Å²) in [5.74, 6) is -0.375. The molecule has 3 nitrogen and oxygen atoms in total. The minimum Gasteiger partial charge on any atom is -0.461 e. The number of carbonyl (C=O) groups is 1. The van der Waals surface area contributed by atoms with Crippen molar-refractivity contribution >= 4 is 18.6 Å². The molecule has 10 heavy (non-hydrogen) atoms. The van der Waals surface area contributed by atoms with Crippen molar-refractivity contribution < 1.29 is 9.53 Å². The predicted octanol–water partition coefficient (Wildman–Crippen LogP) is 0.540. The van der Waals surface area contributed by atoms with Crippen LogP contribution in [0.2, 0.25) is 0 Å². The van der Waals surface area contributed by atoms with Gasteiger partial charge in [-0.25, -0.2) is 4.79 Å². The van der Waals surface area contributed by atoms with Gasteiger partial charge in [0.1, 0.15) is 5.70 Å². The molecule has 0 saturated carbocycles. The van der Waals surface area contributed by atoms with E-state index in [-0.39, 0.29) is 5.97 Å². The second-order valence-electron chi connectivity index (χ2n) is 1.51. The number of likely N-dealkylation sites (N-methyl/N-ethyl adjacent to an activating group) is 1. The minimum absolute atomic E-state index is 0.366. The molecule has 1 N–H and O–H groups in total. The molecular formula is C6H11NO2S. The summed E-state index contributed by atoms with van der Waals surface area (Å²) in [6.45, 7) is 2.13. The predicted molar refractivity (Wildman–Crippen MR) is 42.8 cm³/mol. The fourth-order valence-electron chi connectivity index (χ4n) is 0.428. The van der Waals surface area contributed by atoms with Gasteiger partial charge in [0.05, 0.1) is 6.61 Å². The van der Waals surface area contributed by atoms with Crippen molar-refractivity contribution in [2.45, 2.75) is 6.92 Å². The molecule has 0 saturated heterocycles. The van der Waals surface area contributed by atoms with Gasteiger partial charge in [-0.1, -0.05) is 0 Å². The zero-order valence-corrected chi connectivity index (χ0v) is 6.94. The highest BCUT2D eigenvalue weighted by Crippen LogP contribution is 1.93. The number of ether oxygens (including phenoxy) is 1. The lowest BCUT2D eigenvalue weighted by Gasteiger charge is -2.03. The molecule has 0 amide bonds. The number of hydrogen-bond donors (Lipinski definition) is 2. The topological polar surface area (TPSA) is 38.3 Å². The molecule has 0 atom stereocenters. The van der Waals surface area contributed by atoms with Crippen LogP contribution in [0.3, 0.4) is 0 Å². The highest BCUT2D eigenvalue weighted by Gasteiger charge is 2.05. The van der Waals surface area contributed by atoms with Crippen LogP contribution in [0.1, 0.15) is 6.92 Å². The number of esters is 1. The molecule has 0 unspecified atom stereocenters. The molecule has 0 aromatic carbocycles. The second-order valence-corrected chi connectivity index (χ2v) is 1.77. The van der Waals surface area contributed by atoms with Gasteiger partial charge in [0.2, 0.25) is 0 Å². The third-order valence-electron chi connectivity index (χ3n) is 0.894. The second kappa shape index (κ2) is 5.17. The maximum atomic E-state index is 10.8. The Hall–Kier alpha value is -0.640. The van der Waals surface area contributed by atoms with E-state index >= 15 is 0 Å². The van der Waals surface area contributed by atoms with Crippen molar-refractivity contribution in [3.8, 4) is 0 Å². The summed E-state index contributed by atoms with van der Waals surface area (Å²) in [6.07, 6.45) is 0. The highest BCUT2D eigenvalue weighted by atomic mass is 32.1. The van der Waals surface area contributed by atoms with Crippen molar-refractivity contribution in [3.63, 3.8) is 0 Å². The van der Waals surface area contributed by atoms with E-state index in [1.807, 2.05) is 0 Å². The first-order valence-electron chi connectivity index (χ1n) is 2.95. The van der Waals surface area contributed by atoms with E-state index in [2.05, 4.69) is 22.7 Å². The third-order valence-corrected chi connectivity index (χ3v) is 1.15. The van der Waals surface area contributed by atoms with Crippen LogP contribution in [0.5, 0.6) is 0 Å². The normalized spacial score (nSPS) is 10.9. The van der Waals surface area contributed by atoms with Crippen molar-refractivity contribution in [2.75, 3.05) is 13.7 Å². The van der Waals surface area contributed by atoms with E-state index in [4.69, 9.17) is 0 Å². The van der Waals surface area contributed by atoms with Gasteiger partial charge < -0.3 is 10.1 Å². The van der Waals surface area contributed by atoms with Crippen molar-refractivity contribution in [1.29, 1.82) is 0 Å². The number of carbonyl (C=O) groups excluding carboxylic acids is 1. The Morgan fingerprint density at radius 1 is 1.80 bits per heavy atom. The van der Waals surface area contributed by atoms with Crippen LogP contribution in [0, 0.1) is 0 Å². The Kier molecular flexibility index (Phi) is 4.84. The molecule has 4 heteroatoms. The SMILES string of the molecule is CCOC(=O)/C(=C/S)NC. The van der Waals surface area contributed by atoms with E-state index in [0.717, 1.165) is 0 Å². The average molecular weight is 161 g/mol. The van der Waals surface area contributed by atoms with Gasteiger partial charge in [0.15, 0.2) is 0 Å². The Balaban J connectivity index is 3.91. The maximum absolute atomic E-state index is 10.8. The van der Waals surface area contributed by atoms with E-state index in [1.54, 1.807) is 14.0 Å². The van der Waals surface area contributed by atoms with Crippen LogP contribution in [-0.4, -0.2) is 19.6 Å². The van der Waals surface area contributed by atoms with Crippen LogP contribution >= 0.6 is 12.6 Å². The van der Waals surface area contributed by atoms with E-state index < -0.39 is 0 Å². The monoisotopic (exact) mass is 161 g/mol. The molecule has 0 aliphatic heterocycles. The van der Waals surface area contributed by atoms with Crippen LogP contribution in [0.25, 0.3) is 0 Å². The molecule has 0 aliphatic rings. The van der Waals surface area contributed by atoms with Gasteiger partial charge in [-0.15, -0.1) is 12.6 Å². The summed E-state index contributed by atoms with van der Waals surface area (Å²) in [4.78, 5) is 10.8. The summed E-state index contributed by atoms with van der Waals surface area (Å²) >= 11 is 3.80. The Labute approximate surface area is 65.9 Å². The van der Waals surface area contributed by atoms with Crippen LogP contribution in [-0.2, 0) is 9.53 Å². The lowest BCUT2D eigenvalue weighted by atomic mass is 10.5. The van der Waals surface area contributed by atoms with E-state index in [0.29, 0.717) is 12.3 Å². The van der Waals surface area contributed by atoms with E-state index in [9.17, 15) is 4.79 Å². The van der Waals surface area contributed by atoms with Crippen molar-refractivity contribution in [2.24, 2.45) is 0 Å². The minimum atomic E-state index is -0.375. The molecule has 58 valence electrons. The van der Waals surface area contributed by atoms with Crippen LogP contribution in [0.4, 0.5) is 0 Å². The highest BCUT2D eigenvalue weighted by molar-refractivity contribution is 7.83. The fourth-order valence-corrected chi connectivity index (χ4v) is 0.663. The standard InChI is InChI=1S/C6H11NO2S/c1-3-9-6(8)5(4-10)7-2/h4,7,10H,3H2,1-2H3/b5-4-. The molecule has 0 rings (SSSR count). The zero-order chi connectivity index (χ0) is 7.98. The molecular weight excluding hydrogens is 150 g/mol. The first-order chi connectivity index (χ1) is 4.76. The molecule has 0 aromatic heterocycles. The Morgan fingerprint density at radius 2 is 2.40 bits per heavy atom. The van der Waals surface area contributed by atoms with Crippen LogP contribution in [0.15, 0.2) is 11.1 Å². The lowest BCUT2D eigenvalue weighted by molar-refractivity contribution is -0.138. The maximum Gasteiger partial charge on any atom is 0.354 e. The molecule has 0 spiro atoms. The number of thiol groups is 1. The smallest absolute Gasteiger partial charge is 0.354 e. The lowest BCUT2D eigenvalue weighted by Crippen LogP contribution is -2.18. The third kappa shape index (κ3) is 2.77. The van der Waals surface area contributed by atoms with Gasteiger partial charge >= 0.3 is 5.97 Å². The van der Waals surface area contributed by atoms with Gasteiger partial charge in [0, 0.05) is 7.05 Å². The van der Waals surface area contributed by atoms with Gasteiger partial charge in [-0.05, 0) is 12.3 Å². The van der Waals surface area contributed by atoms with Crippen molar-refractivity contribution in [3.05, 3.63) is 11.1 Å². The summed E-state index contributed by atoms with van der Waals surface area (Å²) in [7, 11) is 1.64. The number of nitrogens with one attached hydrogen (secondary N) is 1. The summed E-state index contributed by atoms with van der Waals surface area (Å²) in [6, 6.07) is 0. The first kappa shape index (κ1) is 9.36. The molecule has 0 fully saturated rings. The van der Waals surface area contributed by atoms with Crippen molar-refractivity contribution in [1.82, 2.24) is 5.32 Å². The van der Waals surface area contributed by atoms with E-state index in [1.165, 1.54) is 5.41 Å². The Bertz CT molecular complexity index is 145. The molecule has 0 heterocycles. The molecule has 0 aromatic rings. The Morgan fingerprint density at radius 3 is 2.70 bits per heavy atom. The molecule has 0 radical (unpaired) electrons. The van der Waals surface area contributed by atoms with Gasteiger partial charge in [-0.3, -0.25) is 0 Å². The molecule has 0 bridgehead atoms. The summed E-state index contributed by atoms with van der Waals surface area (Å²) < 4.78 is 4.67. The summed E-state index contributed by atoms with van der Waals surface area (Å²) in [5.41, 5.74) is 0.366. The average Bonchev–Trinajstić information content (AvgIpc) is 1.91. The van der Waals surface area contributed by atoms with Gasteiger partial charge in [0.25, 0.3) is 0 Å². The number of rotatable bonds is 3. The quantitative estimate of drug-likeness (QED) is 0.360. The fraction of sp³-hybridized carbons (Fsp3) is 0.500. The largest absolute Gasteiger partial charge is 0.461 e. The van der Waals surface area contributed by atoms with Gasteiger partial charge in [-0.2, -0.15) is 0 Å². The number of hydrogen-bond acceptors (Lipinski definition) is 4. The molecule has 0 aliphatic carbocycles. The first-order valence-corrected chi connectivity index (χ1v) is 3.47.